The van der Waals surface area contributed by atoms with Crippen LogP contribution in [0.1, 0.15) is 29.2 Å². The smallest absolute Gasteiger partial charge is 0.307 e. The van der Waals surface area contributed by atoms with Crippen molar-refractivity contribution >= 4 is 5.97 Å². The maximum absolute atomic E-state index is 10.6. The van der Waals surface area contributed by atoms with Crippen molar-refractivity contribution in [3.63, 3.8) is 0 Å². The Morgan fingerprint density at radius 3 is 2.67 bits per heavy atom. The molecule has 0 saturated heterocycles. The van der Waals surface area contributed by atoms with Crippen LogP contribution in [0.25, 0.3) is 0 Å². The lowest BCUT2D eigenvalue weighted by Crippen LogP contribution is -2.05. The molecule has 1 aromatic rings. The van der Waals surface area contributed by atoms with E-state index in [1.54, 1.807) is 12.1 Å². The highest BCUT2D eigenvalue weighted by Gasteiger charge is 2.10. The molecule has 0 atom stereocenters. The molecular weight excluding hydrogens is 190 g/mol. The number of nitriles is 1. The first-order chi connectivity index (χ1) is 7.10. The molecule has 15 heavy (non-hydrogen) atoms. The Hall–Kier alpha value is -1.82. The molecule has 0 fully saturated rings. The highest BCUT2D eigenvalue weighted by Crippen LogP contribution is 2.19. The Kier molecular flexibility index (Phi) is 3.46. The van der Waals surface area contributed by atoms with Crippen LogP contribution in [0.5, 0.6) is 0 Å². The Balaban J connectivity index is 3.24. The van der Waals surface area contributed by atoms with E-state index in [2.05, 4.69) is 6.07 Å². The van der Waals surface area contributed by atoms with Gasteiger partial charge in [-0.1, -0.05) is 13.0 Å². The van der Waals surface area contributed by atoms with Crippen LogP contribution in [-0.4, -0.2) is 11.1 Å². The summed E-state index contributed by atoms with van der Waals surface area (Å²) in [5, 5.41) is 17.6. The fraction of sp³-hybridized carbons (Fsp3) is 0.333. The lowest BCUT2D eigenvalue weighted by Gasteiger charge is -2.10. The Morgan fingerprint density at radius 1 is 1.53 bits per heavy atom. The molecule has 3 nitrogen and oxygen atoms in total. The zero-order chi connectivity index (χ0) is 11.4. The highest BCUT2D eigenvalue weighted by molar-refractivity contribution is 5.71. The van der Waals surface area contributed by atoms with Gasteiger partial charge in [-0.05, 0) is 36.1 Å². The van der Waals surface area contributed by atoms with Crippen molar-refractivity contribution in [1.82, 2.24) is 0 Å². The molecule has 1 N–H and O–H groups in total. The van der Waals surface area contributed by atoms with Gasteiger partial charge in [-0.3, -0.25) is 4.79 Å². The summed E-state index contributed by atoms with van der Waals surface area (Å²) in [5.74, 6) is -0.843. The van der Waals surface area contributed by atoms with Gasteiger partial charge in [0.2, 0.25) is 0 Å². The molecule has 0 unspecified atom stereocenters. The van der Waals surface area contributed by atoms with Crippen LogP contribution in [0.3, 0.4) is 0 Å². The number of rotatable bonds is 3. The third kappa shape index (κ3) is 2.35. The minimum atomic E-state index is -0.843. The van der Waals surface area contributed by atoms with E-state index in [-0.39, 0.29) is 6.42 Å². The van der Waals surface area contributed by atoms with Gasteiger partial charge in [-0.15, -0.1) is 0 Å². The van der Waals surface area contributed by atoms with Gasteiger partial charge in [0.05, 0.1) is 18.1 Å². The molecule has 0 aliphatic carbocycles. The van der Waals surface area contributed by atoms with Gasteiger partial charge in [0, 0.05) is 0 Å². The monoisotopic (exact) mass is 203 g/mol. The molecule has 1 aromatic carbocycles. The van der Waals surface area contributed by atoms with Crippen LogP contribution in [0.4, 0.5) is 0 Å². The molecule has 0 aliphatic heterocycles. The Labute approximate surface area is 89.0 Å². The van der Waals surface area contributed by atoms with E-state index in [0.717, 1.165) is 23.1 Å². The zero-order valence-corrected chi connectivity index (χ0v) is 8.87. The predicted octanol–water partition coefficient (Wildman–Crippen LogP) is 2.06. The molecule has 3 heteroatoms. The number of carboxylic acids is 1. The Morgan fingerprint density at radius 2 is 2.20 bits per heavy atom. The fourth-order valence-electron chi connectivity index (χ4n) is 1.72. The number of aliphatic carboxylic acids is 1. The van der Waals surface area contributed by atoms with E-state index in [1.165, 1.54) is 0 Å². The van der Waals surface area contributed by atoms with E-state index < -0.39 is 5.97 Å². The average molecular weight is 203 g/mol. The summed E-state index contributed by atoms with van der Waals surface area (Å²) in [6.45, 7) is 3.84. The number of benzene rings is 1. The minimum absolute atomic E-state index is 0.0184. The molecule has 0 aromatic heterocycles. The summed E-state index contributed by atoms with van der Waals surface area (Å²) in [4.78, 5) is 10.6. The van der Waals surface area contributed by atoms with Crippen LogP contribution in [0, 0.1) is 18.3 Å². The first-order valence-electron chi connectivity index (χ1n) is 4.83. The van der Waals surface area contributed by atoms with Crippen molar-refractivity contribution in [3.8, 4) is 6.07 Å². The number of carbonyl (C=O) groups is 1. The van der Waals surface area contributed by atoms with Crippen LogP contribution < -0.4 is 0 Å². The topological polar surface area (TPSA) is 61.1 Å². The van der Waals surface area contributed by atoms with Crippen molar-refractivity contribution in [2.24, 2.45) is 0 Å². The van der Waals surface area contributed by atoms with Gasteiger partial charge in [-0.2, -0.15) is 5.26 Å². The van der Waals surface area contributed by atoms with E-state index in [1.807, 2.05) is 13.8 Å². The lowest BCUT2D eigenvalue weighted by molar-refractivity contribution is -0.136. The number of hydrogen-bond donors (Lipinski definition) is 1. The van der Waals surface area contributed by atoms with Crippen molar-refractivity contribution in [2.45, 2.75) is 26.7 Å². The second-order valence-electron chi connectivity index (χ2n) is 3.41. The number of nitrogens with zero attached hydrogens (tertiary/aromatic N) is 1. The predicted molar refractivity (Wildman–Crippen MR) is 56.6 cm³/mol. The van der Waals surface area contributed by atoms with Gasteiger partial charge in [0.1, 0.15) is 0 Å². The quantitative estimate of drug-likeness (QED) is 0.817. The molecule has 0 aliphatic rings. The summed E-state index contributed by atoms with van der Waals surface area (Å²) in [6, 6.07) is 5.54. The van der Waals surface area contributed by atoms with Gasteiger partial charge >= 0.3 is 5.97 Å². The van der Waals surface area contributed by atoms with E-state index in [0.29, 0.717) is 5.56 Å². The molecule has 0 bridgehead atoms. The lowest BCUT2D eigenvalue weighted by atomic mass is 9.94. The molecule has 0 spiro atoms. The van der Waals surface area contributed by atoms with Crippen LogP contribution in [0.2, 0.25) is 0 Å². The van der Waals surface area contributed by atoms with Crippen molar-refractivity contribution in [2.75, 3.05) is 0 Å². The van der Waals surface area contributed by atoms with Crippen LogP contribution in [-0.2, 0) is 17.6 Å². The summed E-state index contributed by atoms with van der Waals surface area (Å²) in [5.41, 5.74) is 3.32. The molecule has 1 rings (SSSR count). The summed E-state index contributed by atoms with van der Waals surface area (Å²) >= 11 is 0. The molecule has 0 heterocycles. The maximum Gasteiger partial charge on any atom is 0.307 e. The molecule has 0 saturated carbocycles. The number of carboxylic acid groups (broad SMARTS) is 1. The van der Waals surface area contributed by atoms with E-state index in [4.69, 9.17) is 10.4 Å². The third-order valence-corrected chi connectivity index (χ3v) is 2.53. The number of hydrogen-bond acceptors (Lipinski definition) is 2. The largest absolute Gasteiger partial charge is 0.481 e. The SMILES string of the molecule is CCc1c(C#N)ccc(CC(=O)O)c1C. The Bertz CT molecular complexity index is 430. The van der Waals surface area contributed by atoms with Crippen molar-refractivity contribution < 1.29 is 9.90 Å². The highest BCUT2D eigenvalue weighted by atomic mass is 16.4. The second kappa shape index (κ2) is 4.61. The average Bonchev–Trinajstić information content (AvgIpc) is 2.20. The van der Waals surface area contributed by atoms with Crippen LogP contribution >= 0.6 is 0 Å². The van der Waals surface area contributed by atoms with Gasteiger partial charge in [0.25, 0.3) is 0 Å². The van der Waals surface area contributed by atoms with Crippen molar-refractivity contribution in [3.05, 3.63) is 34.4 Å². The van der Waals surface area contributed by atoms with E-state index in [9.17, 15) is 4.79 Å². The normalized spacial score (nSPS) is 9.67. The standard InChI is InChI=1S/C12H13NO2/c1-3-11-8(2)9(6-12(14)15)4-5-10(11)7-13/h4-5H,3,6H2,1-2H3,(H,14,15). The molecule has 0 radical (unpaired) electrons. The summed E-state index contributed by atoms with van der Waals surface area (Å²) in [7, 11) is 0. The van der Waals surface area contributed by atoms with Gasteiger partial charge < -0.3 is 5.11 Å². The van der Waals surface area contributed by atoms with Crippen molar-refractivity contribution in [1.29, 1.82) is 5.26 Å². The first-order valence-corrected chi connectivity index (χ1v) is 4.83. The first kappa shape index (κ1) is 11.3. The van der Waals surface area contributed by atoms with Gasteiger partial charge in [0.15, 0.2) is 0 Å². The van der Waals surface area contributed by atoms with E-state index >= 15 is 0 Å². The second-order valence-corrected chi connectivity index (χ2v) is 3.41. The molecule has 0 amide bonds. The summed E-state index contributed by atoms with van der Waals surface area (Å²) < 4.78 is 0. The summed E-state index contributed by atoms with van der Waals surface area (Å²) in [6.07, 6.45) is 0.771. The maximum atomic E-state index is 10.6. The van der Waals surface area contributed by atoms with Crippen LogP contribution in [0.15, 0.2) is 12.1 Å². The molecule has 78 valence electrons. The fourth-order valence-corrected chi connectivity index (χ4v) is 1.72. The third-order valence-electron chi connectivity index (χ3n) is 2.53. The minimum Gasteiger partial charge on any atom is -0.481 e. The zero-order valence-electron chi connectivity index (χ0n) is 8.87. The molecular formula is C12H13NO2. The van der Waals surface area contributed by atoms with Gasteiger partial charge in [-0.25, -0.2) is 0 Å².